The van der Waals surface area contributed by atoms with Gasteiger partial charge in [0.15, 0.2) is 0 Å². The summed E-state index contributed by atoms with van der Waals surface area (Å²) in [6.07, 6.45) is 3.57. The van der Waals surface area contributed by atoms with Gasteiger partial charge in [-0.05, 0) is 24.1 Å². The maximum Gasteiger partial charge on any atom is 0.132 e. The van der Waals surface area contributed by atoms with Gasteiger partial charge in [0.2, 0.25) is 0 Å². The van der Waals surface area contributed by atoms with E-state index in [-0.39, 0.29) is 0 Å². The Morgan fingerprint density at radius 2 is 2.16 bits per heavy atom. The molecule has 2 rings (SSSR count). The number of rotatable bonds is 5. The first-order valence-electron chi connectivity index (χ1n) is 6.29. The van der Waals surface area contributed by atoms with E-state index >= 15 is 0 Å². The standard InChI is InChI=1S/C15H17BrN2O/c1-3-14-12(9-16)10-17-15(18-14)8-11-5-4-6-13(7-11)19-2/h4-7,10H,3,8-9H2,1-2H3. The van der Waals surface area contributed by atoms with Crippen LogP contribution in [0.1, 0.15) is 29.6 Å². The molecule has 0 amide bonds. The fourth-order valence-electron chi connectivity index (χ4n) is 1.95. The lowest BCUT2D eigenvalue weighted by atomic mass is 10.1. The average Bonchev–Trinajstić information content (AvgIpc) is 2.47. The molecule has 0 aliphatic heterocycles. The lowest BCUT2D eigenvalue weighted by Crippen LogP contribution is -2.03. The Morgan fingerprint density at radius 3 is 2.84 bits per heavy atom. The maximum atomic E-state index is 5.23. The van der Waals surface area contributed by atoms with Crippen molar-refractivity contribution in [2.75, 3.05) is 7.11 Å². The third-order valence-electron chi connectivity index (χ3n) is 2.98. The maximum absolute atomic E-state index is 5.23. The minimum atomic E-state index is 0.729. The zero-order valence-corrected chi connectivity index (χ0v) is 12.8. The van der Waals surface area contributed by atoms with Crippen LogP contribution in [0.5, 0.6) is 5.75 Å². The molecule has 2 aromatic rings. The summed E-state index contributed by atoms with van der Waals surface area (Å²) in [5.41, 5.74) is 3.44. The molecule has 4 heteroatoms. The molecule has 0 aliphatic carbocycles. The van der Waals surface area contributed by atoms with Crippen molar-refractivity contribution >= 4 is 15.9 Å². The van der Waals surface area contributed by atoms with Crippen molar-refractivity contribution in [2.45, 2.75) is 25.1 Å². The monoisotopic (exact) mass is 320 g/mol. The van der Waals surface area contributed by atoms with E-state index in [0.29, 0.717) is 0 Å². The Hall–Kier alpha value is -1.42. The molecular formula is C15H17BrN2O. The van der Waals surface area contributed by atoms with E-state index in [2.05, 4.69) is 38.9 Å². The molecule has 0 spiro atoms. The van der Waals surface area contributed by atoms with Crippen molar-refractivity contribution in [3.05, 3.63) is 53.1 Å². The summed E-state index contributed by atoms with van der Waals surface area (Å²) in [5.74, 6) is 1.72. The minimum absolute atomic E-state index is 0.729. The second-order valence-electron chi connectivity index (χ2n) is 4.27. The van der Waals surface area contributed by atoms with Crippen molar-refractivity contribution in [3.8, 4) is 5.75 Å². The van der Waals surface area contributed by atoms with Crippen molar-refractivity contribution in [2.24, 2.45) is 0 Å². The Morgan fingerprint density at radius 1 is 1.32 bits per heavy atom. The Labute approximate surface area is 122 Å². The molecular weight excluding hydrogens is 304 g/mol. The fraction of sp³-hybridized carbons (Fsp3) is 0.333. The first-order chi connectivity index (χ1) is 9.26. The van der Waals surface area contributed by atoms with E-state index in [1.807, 2.05) is 24.4 Å². The van der Waals surface area contributed by atoms with Crippen molar-refractivity contribution in [1.82, 2.24) is 9.97 Å². The van der Waals surface area contributed by atoms with Gasteiger partial charge >= 0.3 is 0 Å². The quantitative estimate of drug-likeness (QED) is 0.790. The van der Waals surface area contributed by atoms with E-state index in [9.17, 15) is 0 Å². The molecule has 0 saturated carbocycles. The molecule has 0 fully saturated rings. The highest BCUT2D eigenvalue weighted by molar-refractivity contribution is 9.08. The van der Waals surface area contributed by atoms with E-state index < -0.39 is 0 Å². The Bertz CT molecular complexity index is 558. The van der Waals surface area contributed by atoms with E-state index in [4.69, 9.17) is 4.74 Å². The lowest BCUT2D eigenvalue weighted by molar-refractivity contribution is 0.414. The third-order valence-corrected chi connectivity index (χ3v) is 3.58. The third kappa shape index (κ3) is 3.53. The zero-order valence-electron chi connectivity index (χ0n) is 11.2. The van der Waals surface area contributed by atoms with Crippen LogP contribution in [0.15, 0.2) is 30.5 Å². The smallest absolute Gasteiger partial charge is 0.132 e. The molecule has 3 nitrogen and oxygen atoms in total. The number of aryl methyl sites for hydroxylation is 1. The Balaban J connectivity index is 2.22. The highest BCUT2D eigenvalue weighted by Gasteiger charge is 2.06. The fourth-order valence-corrected chi connectivity index (χ4v) is 2.42. The van der Waals surface area contributed by atoms with Crippen LogP contribution >= 0.6 is 15.9 Å². The van der Waals surface area contributed by atoms with Gasteiger partial charge in [-0.3, -0.25) is 0 Å². The number of alkyl halides is 1. The molecule has 0 radical (unpaired) electrons. The highest BCUT2D eigenvalue weighted by atomic mass is 79.9. The van der Waals surface area contributed by atoms with Crippen LogP contribution in [-0.2, 0) is 18.2 Å². The van der Waals surface area contributed by atoms with Gasteiger partial charge in [-0.15, -0.1) is 0 Å². The number of benzene rings is 1. The van der Waals surface area contributed by atoms with Crippen LogP contribution in [0.25, 0.3) is 0 Å². The van der Waals surface area contributed by atoms with Crippen LogP contribution < -0.4 is 4.74 Å². The first-order valence-corrected chi connectivity index (χ1v) is 7.41. The molecule has 0 aliphatic rings. The van der Waals surface area contributed by atoms with E-state index in [1.165, 1.54) is 0 Å². The summed E-state index contributed by atoms with van der Waals surface area (Å²) < 4.78 is 5.23. The van der Waals surface area contributed by atoms with Gasteiger partial charge in [-0.1, -0.05) is 35.0 Å². The van der Waals surface area contributed by atoms with Crippen LogP contribution in [0.2, 0.25) is 0 Å². The van der Waals surface area contributed by atoms with Gasteiger partial charge in [0.1, 0.15) is 11.6 Å². The molecule has 0 saturated heterocycles. The summed E-state index contributed by atoms with van der Waals surface area (Å²) in [7, 11) is 1.68. The van der Waals surface area contributed by atoms with Gasteiger partial charge in [-0.2, -0.15) is 0 Å². The number of aromatic nitrogens is 2. The highest BCUT2D eigenvalue weighted by Crippen LogP contribution is 2.16. The summed E-state index contributed by atoms with van der Waals surface area (Å²) in [6, 6.07) is 8.01. The first kappa shape index (κ1) is 14.0. The lowest BCUT2D eigenvalue weighted by Gasteiger charge is -2.07. The van der Waals surface area contributed by atoms with Crippen molar-refractivity contribution < 1.29 is 4.74 Å². The molecule has 1 aromatic carbocycles. The SMILES string of the molecule is CCc1nc(Cc2cccc(OC)c2)ncc1CBr. The van der Waals surface area contributed by atoms with E-state index in [0.717, 1.165) is 46.6 Å². The predicted molar refractivity (Wildman–Crippen MR) is 79.8 cm³/mol. The molecule has 0 N–H and O–H groups in total. The molecule has 0 unspecified atom stereocenters. The predicted octanol–water partition coefficient (Wildman–Crippen LogP) is 3.53. The zero-order chi connectivity index (χ0) is 13.7. The molecule has 1 heterocycles. The summed E-state index contributed by atoms with van der Waals surface area (Å²) in [6.45, 7) is 2.11. The van der Waals surface area contributed by atoms with Crippen LogP contribution in [0.3, 0.4) is 0 Å². The normalized spacial score (nSPS) is 10.5. The molecule has 1 aromatic heterocycles. The number of methoxy groups -OCH3 is 1. The van der Waals surface area contributed by atoms with Crippen molar-refractivity contribution in [1.29, 1.82) is 0 Å². The van der Waals surface area contributed by atoms with Crippen LogP contribution in [-0.4, -0.2) is 17.1 Å². The van der Waals surface area contributed by atoms with Gasteiger partial charge < -0.3 is 4.74 Å². The Kier molecular flexibility index (Phi) is 4.91. The topological polar surface area (TPSA) is 35.0 Å². The molecule has 19 heavy (non-hydrogen) atoms. The van der Waals surface area contributed by atoms with Gasteiger partial charge in [0.25, 0.3) is 0 Å². The van der Waals surface area contributed by atoms with Gasteiger partial charge in [-0.25, -0.2) is 9.97 Å². The summed E-state index contributed by atoms with van der Waals surface area (Å²) in [5, 5.41) is 0.801. The second-order valence-corrected chi connectivity index (χ2v) is 4.83. The number of hydrogen-bond acceptors (Lipinski definition) is 3. The van der Waals surface area contributed by atoms with Crippen LogP contribution in [0.4, 0.5) is 0 Å². The molecule has 0 atom stereocenters. The van der Waals surface area contributed by atoms with Crippen LogP contribution in [0, 0.1) is 0 Å². The number of ether oxygens (including phenoxy) is 1. The average molecular weight is 321 g/mol. The number of hydrogen-bond donors (Lipinski definition) is 0. The number of halogens is 1. The largest absolute Gasteiger partial charge is 0.497 e. The summed E-state index contributed by atoms with van der Waals surface area (Å²) in [4.78, 5) is 9.06. The molecule has 100 valence electrons. The second kappa shape index (κ2) is 6.66. The van der Waals surface area contributed by atoms with Crippen molar-refractivity contribution in [3.63, 3.8) is 0 Å². The minimum Gasteiger partial charge on any atom is -0.497 e. The van der Waals surface area contributed by atoms with E-state index in [1.54, 1.807) is 7.11 Å². The molecule has 0 bridgehead atoms. The van der Waals surface area contributed by atoms with Gasteiger partial charge in [0, 0.05) is 29.2 Å². The summed E-state index contributed by atoms with van der Waals surface area (Å²) >= 11 is 3.46. The van der Waals surface area contributed by atoms with Gasteiger partial charge in [0.05, 0.1) is 7.11 Å². The number of nitrogens with zero attached hydrogens (tertiary/aromatic N) is 2.